The first-order valence-corrected chi connectivity index (χ1v) is 25.0. The average Bonchev–Trinajstić information content (AvgIpc) is 3.14. The number of likely N-dealkylation sites (N-methyl/N-ethyl adjacent to an activating group) is 1. The van der Waals surface area contributed by atoms with E-state index in [1.54, 1.807) is 0 Å². The molecule has 0 aromatic rings. The van der Waals surface area contributed by atoms with Gasteiger partial charge in [-0.05, 0) is 60.2 Å². The van der Waals surface area contributed by atoms with Gasteiger partial charge < -0.3 is 27.9 Å². The quantitative estimate of drug-likeness (QED) is 0.188. The zero-order valence-corrected chi connectivity index (χ0v) is 39.8. The molecule has 8 heteroatoms. The van der Waals surface area contributed by atoms with Crippen molar-refractivity contribution in [2.24, 2.45) is 47.3 Å². The van der Waals surface area contributed by atoms with E-state index in [-0.39, 0.29) is 31.7 Å². The molecule has 0 aliphatic carbocycles. The molecule has 0 saturated carbocycles. The second-order valence-electron chi connectivity index (χ2n) is 20.0. The highest BCUT2D eigenvalue weighted by Gasteiger charge is 2.19. The molecular weight excluding hydrogens is 718 g/mol. The minimum Gasteiger partial charge on any atom is -0.756 e. The Labute approximate surface area is 355 Å². The highest BCUT2D eigenvalue weighted by atomic mass is 31.2. The minimum absolute atomic E-state index is 0.0669. The van der Waals surface area contributed by atoms with Crippen LogP contribution < -0.4 is 4.89 Å². The highest BCUT2D eigenvalue weighted by Crippen LogP contribution is 2.38. The van der Waals surface area contributed by atoms with Gasteiger partial charge in [0.1, 0.15) is 19.3 Å². The molecule has 0 aromatic carbocycles. The van der Waals surface area contributed by atoms with E-state index >= 15 is 0 Å². The molecule has 1 rings (SSSR count). The van der Waals surface area contributed by atoms with Gasteiger partial charge in [0, 0.05) is 18.7 Å². The Morgan fingerprint density at radius 2 is 0.929 bits per heavy atom. The lowest BCUT2D eigenvalue weighted by Crippen LogP contribution is -2.37. The number of hydrogen-bond donors (Lipinski definition) is 0. The summed E-state index contributed by atoms with van der Waals surface area (Å²) in [6.07, 6.45) is 17.5. The van der Waals surface area contributed by atoms with Crippen molar-refractivity contribution in [3.63, 3.8) is 0 Å². The van der Waals surface area contributed by atoms with Crippen molar-refractivity contribution >= 4 is 7.82 Å². The van der Waals surface area contributed by atoms with Gasteiger partial charge in [0.25, 0.3) is 7.82 Å². The average molecular weight is 820 g/mol. The van der Waals surface area contributed by atoms with E-state index in [4.69, 9.17) is 24.0 Å². The normalized spacial score (nSPS) is 36.1. The maximum absolute atomic E-state index is 12.6. The number of phosphoric acid groups is 1. The molecule has 336 valence electrons. The number of rotatable bonds is 7. The lowest BCUT2D eigenvalue weighted by Gasteiger charge is -2.28. The minimum atomic E-state index is -4.46. The monoisotopic (exact) mass is 820 g/mol. The summed E-state index contributed by atoms with van der Waals surface area (Å²) in [5.74, 6) is 3.22. The standard InChI is InChI=1S/C48H98NO6P/c1-40-18-12-20-42(3)24-16-28-46(7)32-35-52-38-48(39-55-56(50,51)54-37-34-49(9,10)11)53-36-33-47(8)29-17-25-43(4)21-13-19-41(2)23-15-27-45(6)31-30-44(5)26-14-22-40/h40-48H,12-39H2,1-11H3/t40-,41-,42+,43+,44-,45-,46+,47+,48?/m0/s1/i26D2,27D2. The number of hydrogen-bond acceptors (Lipinski definition) is 6. The van der Waals surface area contributed by atoms with Crippen molar-refractivity contribution in [2.75, 3.05) is 60.7 Å². The van der Waals surface area contributed by atoms with Crippen molar-refractivity contribution in [3.05, 3.63) is 0 Å². The van der Waals surface area contributed by atoms with E-state index in [1.165, 1.54) is 51.4 Å². The number of quaternary nitrogens is 1. The fraction of sp³-hybridized carbons (Fsp3) is 1.00. The van der Waals surface area contributed by atoms with E-state index in [2.05, 4.69) is 41.5 Å². The van der Waals surface area contributed by atoms with Gasteiger partial charge in [0.2, 0.25) is 0 Å². The Morgan fingerprint density at radius 1 is 0.554 bits per heavy atom. The molecule has 1 aliphatic heterocycles. The van der Waals surface area contributed by atoms with Crippen molar-refractivity contribution < 1.29 is 37.9 Å². The van der Waals surface area contributed by atoms with Crippen LogP contribution in [0.2, 0.25) is 0 Å². The summed E-state index contributed by atoms with van der Waals surface area (Å²) >= 11 is 0. The lowest BCUT2D eigenvalue weighted by atomic mass is 9.88. The molecule has 1 fully saturated rings. The maximum atomic E-state index is 12.6. The van der Waals surface area contributed by atoms with Crippen LogP contribution in [0.1, 0.15) is 202 Å². The van der Waals surface area contributed by atoms with Crippen LogP contribution in [0.3, 0.4) is 0 Å². The molecule has 1 saturated heterocycles. The second-order valence-corrected chi connectivity index (χ2v) is 21.4. The largest absolute Gasteiger partial charge is 0.756 e. The lowest BCUT2D eigenvalue weighted by molar-refractivity contribution is -0.870. The van der Waals surface area contributed by atoms with Gasteiger partial charge >= 0.3 is 0 Å². The summed E-state index contributed by atoms with van der Waals surface area (Å²) in [5.41, 5.74) is 0. The van der Waals surface area contributed by atoms with Crippen LogP contribution in [-0.4, -0.2) is 71.3 Å². The third-order valence-electron chi connectivity index (χ3n) is 12.3. The summed E-state index contributed by atoms with van der Waals surface area (Å²) in [4.78, 5) is 12.6. The van der Waals surface area contributed by atoms with Crippen LogP contribution in [0.5, 0.6) is 0 Å². The Balaban J connectivity index is 2.82. The summed E-state index contributed by atoms with van der Waals surface area (Å²) < 4.78 is 71.3. The van der Waals surface area contributed by atoms with Crippen molar-refractivity contribution in [1.82, 2.24) is 0 Å². The van der Waals surface area contributed by atoms with Crippen LogP contribution in [0.15, 0.2) is 0 Å². The molecule has 0 N–H and O–H groups in total. The molecule has 1 aliphatic rings. The van der Waals surface area contributed by atoms with Gasteiger partial charge in [0.15, 0.2) is 0 Å². The van der Waals surface area contributed by atoms with E-state index in [0.717, 1.165) is 64.2 Å². The first kappa shape index (κ1) is 47.0. The van der Waals surface area contributed by atoms with Crippen molar-refractivity contribution in [1.29, 1.82) is 0 Å². The number of nitrogens with zero attached hydrogens (tertiary/aromatic N) is 1. The number of phosphoric ester groups is 1. The zero-order chi connectivity index (χ0) is 45.4. The Bertz CT molecular complexity index is 1130. The van der Waals surface area contributed by atoms with E-state index in [0.29, 0.717) is 72.6 Å². The van der Waals surface area contributed by atoms with Crippen LogP contribution >= 0.6 is 7.82 Å². The van der Waals surface area contributed by atoms with Gasteiger partial charge in [0.05, 0.1) is 34.4 Å². The third-order valence-corrected chi connectivity index (χ3v) is 13.3. The van der Waals surface area contributed by atoms with E-state index < -0.39 is 26.7 Å². The fourth-order valence-corrected chi connectivity index (χ4v) is 8.43. The Morgan fingerprint density at radius 3 is 1.34 bits per heavy atom. The molecule has 0 bridgehead atoms. The molecular formula is C48H98NO6P. The molecule has 10 atom stereocenters. The van der Waals surface area contributed by atoms with Gasteiger partial charge in [-0.15, -0.1) is 0 Å². The van der Waals surface area contributed by atoms with Crippen molar-refractivity contribution in [2.45, 2.75) is 203 Å². The topological polar surface area (TPSA) is 77.1 Å². The summed E-state index contributed by atoms with van der Waals surface area (Å²) in [6.45, 7) is 19.8. The summed E-state index contributed by atoms with van der Waals surface area (Å²) in [6, 6.07) is 0. The second kappa shape index (κ2) is 31.8. The van der Waals surface area contributed by atoms with Crippen LogP contribution in [0, 0.1) is 47.3 Å². The SMILES string of the molecule is [2H]C1([2H])CC[C@@H](C)CCC[C@@H](C)CCC[C@@H](C)CCOCC(COP(=O)([O-])OCC[N+](C)(C)C)OCC[C@H](C)CCC[C@H](C)CCC[C@H](C)CCC([2H])([2H])[C@H](C)CC[C@H]1C. The van der Waals surface area contributed by atoms with Gasteiger partial charge in [-0.3, -0.25) is 4.57 Å². The molecule has 0 radical (unpaired) electrons. The van der Waals surface area contributed by atoms with Crippen molar-refractivity contribution in [3.8, 4) is 0 Å². The molecule has 56 heavy (non-hydrogen) atoms. The molecule has 0 aromatic heterocycles. The first-order valence-electron chi connectivity index (χ1n) is 25.5. The van der Waals surface area contributed by atoms with Gasteiger partial charge in [-0.1, -0.05) is 184 Å². The predicted octanol–water partition coefficient (Wildman–Crippen LogP) is 13.3. The van der Waals surface area contributed by atoms with E-state index in [9.17, 15) is 9.46 Å². The highest BCUT2D eigenvalue weighted by molar-refractivity contribution is 7.45. The molecule has 0 spiro atoms. The molecule has 1 heterocycles. The fourth-order valence-electron chi connectivity index (χ4n) is 7.70. The van der Waals surface area contributed by atoms with Gasteiger partial charge in [-0.2, -0.15) is 0 Å². The Kier molecular flexibility index (Phi) is 26.7. The predicted molar refractivity (Wildman–Crippen MR) is 238 cm³/mol. The zero-order valence-electron chi connectivity index (χ0n) is 42.9. The first-order chi connectivity index (χ1) is 27.9. The summed E-state index contributed by atoms with van der Waals surface area (Å²) in [5, 5.41) is 0. The molecule has 7 nitrogen and oxygen atoms in total. The number of ether oxygens (including phenoxy) is 2. The Hall–Kier alpha value is -0.0100. The summed E-state index contributed by atoms with van der Waals surface area (Å²) in [7, 11) is 1.49. The van der Waals surface area contributed by atoms with Crippen LogP contribution in [0.4, 0.5) is 0 Å². The van der Waals surface area contributed by atoms with E-state index in [1.807, 2.05) is 35.0 Å². The third kappa shape index (κ3) is 32.8. The van der Waals surface area contributed by atoms with Crippen LogP contribution in [-0.2, 0) is 23.1 Å². The smallest absolute Gasteiger partial charge is 0.268 e. The molecule has 0 amide bonds. The van der Waals surface area contributed by atoms with Crippen LogP contribution in [0.25, 0.3) is 0 Å². The molecule has 2 unspecified atom stereocenters. The maximum Gasteiger partial charge on any atom is 0.268 e. The van der Waals surface area contributed by atoms with Gasteiger partial charge in [-0.25, -0.2) is 0 Å².